The first-order chi connectivity index (χ1) is 13.8. The number of methoxy groups -OCH3 is 1. The van der Waals surface area contributed by atoms with Crippen LogP contribution < -0.4 is 14.4 Å². The normalized spacial score (nSPS) is 14.7. The summed E-state index contributed by atoms with van der Waals surface area (Å²) in [7, 11) is 1.56. The summed E-state index contributed by atoms with van der Waals surface area (Å²) in [5.41, 5.74) is -0.893. The summed E-state index contributed by atoms with van der Waals surface area (Å²) in [4.78, 5) is 19.6. The smallest absolute Gasteiger partial charge is 0.417 e. The van der Waals surface area contributed by atoms with Crippen LogP contribution in [0.25, 0.3) is 0 Å². The fourth-order valence-corrected chi connectivity index (χ4v) is 3.18. The van der Waals surface area contributed by atoms with Gasteiger partial charge in [0.15, 0.2) is 6.61 Å². The second-order valence-electron chi connectivity index (χ2n) is 6.36. The number of hydrogen-bond acceptors (Lipinski definition) is 5. The molecule has 0 spiro atoms. The van der Waals surface area contributed by atoms with Crippen molar-refractivity contribution < 1.29 is 27.4 Å². The molecule has 0 bridgehead atoms. The number of carbonyl (C=O) groups excluding carboxylic acids is 1. The fourth-order valence-electron chi connectivity index (χ4n) is 2.89. The van der Waals surface area contributed by atoms with Gasteiger partial charge >= 0.3 is 6.18 Å². The highest BCUT2D eigenvalue weighted by Gasteiger charge is 2.32. The molecule has 0 aliphatic carbocycles. The Labute approximate surface area is 170 Å². The molecule has 1 amide bonds. The van der Waals surface area contributed by atoms with Gasteiger partial charge in [0.25, 0.3) is 5.91 Å². The molecule has 1 aliphatic heterocycles. The molecule has 1 aromatic heterocycles. The number of rotatable bonds is 5. The monoisotopic (exact) mass is 429 g/mol. The van der Waals surface area contributed by atoms with Gasteiger partial charge in [-0.2, -0.15) is 13.2 Å². The molecule has 1 aliphatic rings. The third kappa shape index (κ3) is 5.23. The lowest BCUT2D eigenvalue weighted by atomic mass is 10.2. The average molecular weight is 430 g/mol. The largest absolute Gasteiger partial charge is 0.497 e. The number of piperazine rings is 1. The number of nitrogens with zero attached hydrogens (tertiary/aromatic N) is 3. The summed E-state index contributed by atoms with van der Waals surface area (Å²) in [5, 5.41) is -0.0672. The summed E-state index contributed by atoms with van der Waals surface area (Å²) in [6.07, 6.45) is -3.73. The molecular weight excluding hydrogens is 411 g/mol. The summed E-state index contributed by atoms with van der Waals surface area (Å²) >= 11 is 5.99. The van der Waals surface area contributed by atoms with E-state index in [1.165, 1.54) is 0 Å². The molecule has 0 unspecified atom stereocenters. The number of pyridine rings is 1. The number of hydrogen-bond donors (Lipinski definition) is 0. The average Bonchev–Trinajstić information content (AvgIpc) is 2.72. The minimum atomic E-state index is -4.50. The van der Waals surface area contributed by atoms with Gasteiger partial charge < -0.3 is 19.3 Å². The number of carbonyl (C=O) groups is 1. The predicted octanol–water partition coefficient (Wildman–Crippen LogP) is 3.49. The van der Waals surface area contributed by atoms with Gasteiger partial charge in [-0.05, 0) is 30.3 Å². The predicted molar refractivity (Wildman–Crippen MR) is 102 cm³/mol. The molecule has 29 heavy (non-hydrogen) atoms. The van der Waals surface area contributed by atoms with Crippen molar-refractivity contribution in [2.75, 3.05) is 44.8 Å². The van der Waals surface area contributed by atoms with Crippen molar-refractivity contribution in [2.24, 2.45) is 0 Å². The lowest BCUT2D eigenvalue weighted by molar-refractivity contribution is -0.138. The Morgan fingerprint density at radius 3 is 2.31 bits per heavy atom. The molecular formula is C19H19ClF3N3O3. The maximum absolute atomic E-state index is 12.7. The van der Waals surface area contributed by atoms with Gasteiger partial charge in [0.1, 0.15) is 17.3 Å². The minimum Gasteiger partial charge on any atom is -0.497 e. The van der Waals surface area contributed by atoms with E-state index in [9.17, 15) is 18.0 Å². The van der Waals surface area contributed by atoms with Gasteiger partial charge in [-0.1, -0.05) is 11.6 Å². The highest BCUT2D eigenvalue weighted by atomic mass is 35.5. The standard InChI is InChI=1S/C19H19ClF3N3O3/c1-28-14-2-4-15(5-3-14)29-12-17(27)25-6-8-26(9-7-25)18-16(20)10-13(11-24-18)19(21,22)23/h2-5,10-11H,6-9,12H2,1H3. The van der Waals surface area contributed by atoms with Crippen LogP contribution in [0, 0.1) is 0 Å². The number of anilines is 1. The Kier molecular flexibility index (Phi) is 6.36. The van der Waals surface area contributed by atoms with Crippen LogP contribution in [0.15, 0.2) is 36.5 Å². The number of benzene rings is 1. The third-order valence-corrected chi connectivity index (χ3v) is 4.78. The molecule has 156 valence electrons. The topological polar surface area (TPSA) is 54.9 Å². The van der Waals surface area contributed by atoms with E-state index in [1.54, 1.807) is 41.2 Å². The molecule has 10 heteroatoms. The molecule has 1 aromatic carbocycles. The number of amides is 1. The summed E-state index contributed by atoms with van der Waals surface area (Å²) in [6, 6.07) is 7.76. The number of ether oxygens (including phenoxy) is 2. The van der Waals surface area contributed by atoms with E-state index in [1.807, 2.05) is 0 Å². The molecule has 2 heterocycles. The summed E-state index contributed by atoms with van der Waals surface area (Å²) in [6.45, 7) is 1.50. The van der Waals surface area contributed by atoms with E-state index < -0.39 is 11.7 Å². The van der Waals surface area contributed by atoms with Crippen molar-refractivity contribution in [3.63, 3.8) is 0 Å². The lowest BCUT2D eigenvalue weighted by Crippen LogP contribution is -2.50. The summed E-state index contributed by atoms with van der Waals surface area (Å²) < 4.78 is 48.8. The Morgan fingerprint density at radius 2 is 1.76 bits per heavy atom. The van der Waals surface area contributed by atoms with Crippen molar-refractivity contribution in [3.05, 3.63) is 47.1 Å². The first-order valence-corrected chi connectivity index (χ1v) is 9.18. The zero-order chi connectivity index (χ0) is 21.0. The first kappa shape index (κ1) is 21.0. The van der Waals surface area contributed by atoms with E-state index in [2.05, 4.69) is 4.98 Å². The van der Waals surface area contributed by atoms with Gasteiger partial charge in [0.05, 0.1) is 17.7 Å². The highest BCUT2D eigenvalue weighted by molar-refractivity contribution is 6.33. The summed E-state index contributed by atoms with van der Waals surface area (Å²) in [5.74, 6) is 1.35. The molecule has 0 radical (unpaired) electrons. The highest BCUT2D eigenvalue weighted by Crippen LogP contribution is 2.33. The SMILES string of the molecule is COc1ccc(OCC(=O)N2CCN(c3ncc(C(F)(F)F)cc3Cl)CC2)cc1. The fraction of sp³-hybridized carbons (Fsp3) is 0.368. The van der Waals surface area contributed by atoms with Crippen molar-refractivity contribution in [3.8, 4) is 11.5 Å². The van der Waals surface area contributed by atoms with E-state index in [4.69, 9.17) is 21.1 Å². The third-order valence-electron chi connectivity index (χ3n) is 4.50. The molecule has 0 saturated carbocycles. The first-order valence-electron chi connectivity index (χ1n) is 8.80. The van der Waals surface area contributed by atoms with Crippen LogP contribution in [0.3, 0.4) is 0 Å². The zero-order valence-corrected chi connectivity index (χ0v) is 16.3. The van der Waals surface area contributed by atoms with Crippen molar-refractivity contribution in [2.45, 2.75) is 6.18 Å². The van der Waals surface area contributed by atoms with Crippen LogP contribution in [0.4, 0.5) is 19.0 Å². The molecule has 0 atom stereocenters. The van der Waals surface area contributed by atoms with Gasteiger partial charge in [0.2, 0.25) is 0 Å². The molecule has 0 N–H and O–H groups in total. The van der Waals surface area contributed by atoms with Crippen LogP contribution in [0.1, 0.15) is 5.56 Å². The second-order valence-corrected chi connectivity index (χ2v) is 6.77. The minimum absolute atomic E-state index is 0.0672. The van der Waals surface area contributed by atoms with Crippen LogP contribution in [-0.2, 0) is 11.0 Å². The van der Waals surface area contributed by atoms with Gasteiger partial charge in [-0.25, -0.2) is 4.98 Å². The molecule has 2 aromatic rings. The Morgan fingerprint density at radius 1 is 1.14 bits per heavy atom. The van der Waals surface area contributed by atoms with Gasteiger partial charge in [0, 0.05) is 32.4 Å². The molecule has 3 rings (SSSR count). The van der Waals surface area contributed by atoms with Crippen molar-refractivity contribution in [1.82, 2.24) is 9.88 Å². The maximum atomic E-state index is 12.7. The quantitative estimate of drug-likeness (QED) is 0.728. The van der Waals surface area contributed by atoms with E-state index in [0.717, 1.165) is 12.3 Å². The Balaban J connectivity index is 1.52. The Bertz CT molecular complexity index is 854. The van der Waals surface area contributed by atoms with Crippen LogP contribution in [0.2, 0.25) is 5.02 Å². The van der Waals surface area contributed by atoms with Crippen LogP contribution in [0.5, 0.6) is 11.5 Å². The molecule has 1 saturated heterocycles. The van der Waals surface area contributed by atoms with Crippen LogP contribution >= 0.6 is 11.6 Å². The number of alkyl halides is 3. The van der Waals surface area contributed by atoms with Crippen LogP contribution in [-0.4, -0.2) is 55.7 Å². The van der Waals surface area contributed by atoms with Gasteiger partial charge in [-0.15, -0.1) is 0 Å². The molecule has 1 fully saturated rings. The number of aromatic nitrogens is 1. The van der Waals surface area contributed by atoms with Gasteiger partial charge in [-0.3, -0.25) is 4.79 Å². The van der Waals surface area contributed by atoms with Crippen molar-refractivity contribution in [1.29, 1.82) is 0 Å². The number of halogens is 4. The van der Waals surface area contributed by atoms with Crippen molar-refractivity contribution >= 4 is 23.3 Å². The van der Waals surface area contributed by atoms with E-state index in [0.29, 0.717) is 37.7 Å². The zero-order valence-electron chi connectivity index (χ0n) is 15.6. The molecule has 6 nitrogen and oxygen atoms in total. The maximum Gasteiger partial charge on any atom is 0.417 e. The lowest BCUT2D eigenvalue weighted by Gasteiger charge is -2.35. The van der Waals surface area contributed by atoms with E-state index in [-0.39, 0.29) is 23.4 Å². The Hall–Kier alpha value is -2.68. The van der Waals surface area contributed by atoms with E-state index >= 15 is 0 Å². The second kappa shape index (κ2) is 8.77.